The lowest BCUT2D eigenvalue weighted by molar-refractivity contribution is -0.141. The Kier molecular flexibility index (Phi) is 4.53. The summed E-state index contributed by atoms with van der Waals surface area (Å²) in [6, 6.07) is 0.839. The molecule has 0 atom stereocenters. The van der Waals surface area contributed by atoms with Crippen LogP contribution in [0.4, 0.5) is 13.2 Å². The summed E-state index contributed by atoms with van der Waals surface area (Å²) in [6.07, 6.45) is 0.308. The highest BCUT2D eigenvalue weighted by Gasteiger charge is 2.41. The van der Waals surface area contributed by atoms with Gasteiger partial charge in [0.15, 0.2) is 11.5 Å². The molecule has 3 rings (SSSR count). The van der Waals surface area contributed by atoms with E-state index in [-0.39, 0.29) is 6.54 Å². The molecular formula is C15H18F3N5O2. The molecule has 0 bridgehead atoms. The lowest BCUT2D eigenvalue weighted by atomic mass is 9.96. The fourth-order valence-electron chi connectivity index (χ4n) is 3.03. The average molecular weight is 357 g/mol. The van der Waals surface area contributed by atoms with Crippen LogP contribution in [0.3, 0.4) is 0 Å². The summed E-state index contributed by atoms with van der Waals surface area (Å²) in [5, 5.41) is 10.2. The molecule has 0 unspecified atom stereocenters. The number of rotatable bonds is 5. The Bertz CT molecular complexity index is 746. The molecule has 7 nitrogen and oxygen atoms in total. The number of carbonyl (C=O) groups excluding carboxylic acids is 1. The molecule has 1 aliphatic carbocycles. The highest BCUT2D eigenvalue weighted by Crippen LogP contribution is 2.37. The first-order valence-electron chi connectivity index (χ1n) is 8.07. The Morgan fingerprint density at radius 2 is 2.12 bits per heavy atom. The quantitative estimate of drug-likeness (QED) is 0.888. The first kappa shape index (κ1) is 17.4. The van der Waals surface area contributed by atoms with Crippen LogP contribution in [0.1, 0.15) is 50.0 Å². The molecule has 2 aromatic heterocycles. The van der Waals surface area contributed by atoms with Gasteiger partial charge in [0.1, 0.15) is 12.1 Å². The Balaban J connectivity index is 1.72. The second-order valence-electron chi connectivity index (χ2n) is 6.10. The van der Waals surface area contributed by atoms with Crippen molar-refractivity contribution in [3.8, 4) is 0 Å². The number of hydrogen-bond acceptors (Lipinski definition) is 5. The number of carbonyl (C=O) groups is 1. The molecule has 1 saturated carbocycles. The predicted molar refractivity (Wildman–Crippen MR) is 79.2 cm³/mol. The van der Waals surface area contributed by atoms with Crippen LogP contribution in [-0.2, 0) is 29.5 Å². The third kappa shape index (κ3) is 3.67. The van der Waals surface area contributed by atoms with E-state index < -0.39 is 23.3 Å². The van der Waals surface area contributed by atoms with Crippen molar-refractivity contribution >= 4 is 5.91 Å². The zero-order valence-corrected chi connectivity index (χ0v) is 13.6. The van der Waals surface area contributed by atoms with Crippen molar-refractivity contribution in [3.05, 3.63) is 29.7 Å². The SMILES string of the molecule is CCc1nc(C2(NC(=O)Cn3ccc(C(F)(F)F)n3)CCCC2)no1. The average Bonchev–Trinajstić information content (AvgIpc) is 3.26. The van der Waals surface area contributed by atoms with Crippen molar-refractivity contribution in [2.45, 2.75) is 57.3 Å². The topological polar surface area (TPSA) is 85.8 Å². The van der Waals surface area contributed by atoms with Crippen LogP contribution in [0.5, 0.6) is 0 Å². The lowest BCUT2D eigenvalue weighted by Crippen LogP contribution is -2.46. The van der Waals surface area contributed by atoms with Gasteiger partial charge in [0.05, 0.1) is 0 Å². The Labute approximate surface area is 141 Å². The van der Waals surface area contributed by atoms with Crippen LogP contribution in [-0.4, -0.2) is 25.8 Å². The molecule has 2 heterocycles. The number of halogens is 3. The fourth-order valence-corrected chi connectivity index (χ4v) is 3.03. The Morgan fingerprint density at radius 3 is 2.68 bits per heavy atom. The van der Waals surface area contributed by atoms with E-state index in [1.807, 2.05) is 6.92 Å². The summed E-state index contributed by atoms with van der Waals surface area (Å²) in [6.45, 7) is 1.57. The van der Waals surface area contributed by atoms with Gasteiger partial charge in [0.2, 0.25) is 11.8 Å². The van der Waals surface area contributed by atoms with E-state index in [4.69, 9.17) is 4.52 Å². The standard InChI is InChI=1S/C15H18F3N5O2/c1-2-12-19-13(22-25-12)14(6-3-4-7-14)20-11(24)9-23-8-5-10(21-23)15(16,17)18/h5,8H,2-4,6-7,9H2,1H3,(H,20,24). The number of amides is 1. The number of nitrogens with zero attached hydrogens (tertiary/aromatic N) is 4. The molecule has 1 N–H and O–H groups in total. The van der Waals surface area contributed by atoms with Gasteiger partial charge in [-0.3, -0.25) is 9.48 Å². The molecule has 1 fully saturated rings. The molecule has 1 amide bonds. The monoisotopic (exact) mass is 357 g/mol. The number of aromatic nitrogens is 4. The van der Waals surface area contributed by atoms with Crippen molar-refractivity contribution in [2.75, 3.05) is 0 Å². The Morgan fingerprint density at radius 1 is 1.40 bits per heavy atom. The molecular weight excluding hydrogens is 339 g/mol. The minimum Gasteiger partial charge on any atom is -0.342 e. The highest BCUT2D eigenvalue weighted by molar-refractivity contribution is 5.76. The zero-order chi connectivity index (χ0) is 18.1. The molecule has 0 spiro atoms. The van der Waals surface area contributed by atoms with Crippen molar-refractivity contribution in [3.63, 3.8) is 0 Å². The molecule has 2 aromatic rings. The molecule has 10 heteroatoms. The molecule has 136 valence electrons. The summed E-state index contributed by atoms with van der Waals surface area (Å²) in [5.41, 5.74) is -1.75. The Hall–Kier alpha value is -2.39. The molecule has 0 saturated heterocycles. The van der Waals surface area contributed by atoms with Crippen LogP contribution in [0.15, 0.2) is 16.8 Å². The molecule has 0 radical (unpaired) electrons. The van der Waals surface area contributed by atoms with E-state index in [9.17, 15) is 18.0 Å². The van der Waals surface area contributed by atoms with Crippen LogP contribution in [0.2, 0.25) is 0 Å². The van der Waals surface area contributed by atoms with Gasteiger partial charge in [-0.15, -0.1) is 0 Å². The van der Waals surface area contributed by atoms with Gasteiger partial charge in [-0.1, -0.05) is 24.9 Å². The molecule has 25 heavy (non-hydrogen) atoms. The first-order chi connectivity index (χ1) is 11.8. The van der Waals surface area contributed by atoms with Gasteiger partial charge in [-0.2, -0.15) is 23.3 Å². The van der Waals surface area contributed by atoms with Crippen molar-refractivity contribution in [2.24, 2.45) is 0 Å². The predicted octanol–water partition coefficient (Wildman–Crippen LogP) is 2.43. The summed E-state index contributed by atoms with van der Waals surface area (Å²) in [5.74, 6) is 0.464. The lowest BCUT2D eigenvalue weighted by Gasteiger charge is -2.26. The van der Waals surface area contributed by atoms with Crippen LogP contribution >= 0.6 is 0 Å². The van der Waals surface area contributed by atoms with E-state index in [1.54, 1.807) is 0 Å². The maximum Gasteiger partial charge on any atom is 0.435 e. The van der Waals surface area contributed by atoms with E-state index >= 15 is 0 Å². The van der Waals surface area contributed by atoms with Crippen molar-refractivity contribution in [1.82, 2.24) is 25.2 Å². The number of aryl methyl sites for hydroxylation is 1. The van der Waals surface area contributed by atoms with Gasteiger partial charge in [-0.25, -0.2) is 0 Å². The fraction of sp³-hybridized carbons (Fsp3) is 0.600. The van der Waals surface area contributed by atoms with E-state index in [1.165, 1.54) is 0 Å². The summed E-state index contributed by atoms with van der Waals surface area (Å²) >= 11 is 0. The van der Waals surface area contributed by atoms with Gasteiger partial charge < -0.3 is 9.84 Å². The van der Waals surface area contributed by atoms with Gasteiger partial charge in [0.25, 0.3) is 0 Å². The third-order valence-electron chi connectivity index (χ3n) is 4.27. The summed E-state index contributed by atoms with van der Waals surface area (Å²) in [4.78, 5) is 16.7. The molecule has 0 aromatic carbocycles. The number of nitrogens with one attached hydrogen (secondary N) is 1. The normalized spacial score (nSPS) is 17.0. The van der Waals surface area contributed by atoms with Crippen molar-refractivity contribution < 1.29 is 22.5 Å². The number of hydrogen-bond donors (Lipinski definition) is 1. The first-order valence-corrected chi connectivity index (χ1v) is 8.07. The van der Waals surface area contributed by atoms with E-state index in [0.717, 1.165) is 29.8 Å². The largest absolute Gasteiger partial charge is 0.435 e. The van der Waals surface area contributed by atoms with Gasteiger partial charge >= 0.3 is 6.18 Å². The second kappa shape index (κ2) is 6.49. The van der Waals surface area contributed by atoms with E-state index in [0.29, 0.717) is 31.0 Å². The van der Waals surface area contributed by atoms with Crippen LogP contribution < -0.4 is 5.32 Å². The zero-order valence-electron chi connectivity index (χ0n) is 13.6. The number of alkyl halides is 3. The minimum atomic E-state index is -4.53. The highest BCUT2D eigenvalue weighted by atomic mass is 19.4. The van der Waals surface area contributed by atoms with Crippen LogP contribution in [0.25, 0.3) is 0 Å². The smallest absolute Gasteiger partial charge is 0.342 e. The molecule has 1 aliphatic rings. The maximum absolute atomic E-state index is 12.6. The van der Waals surface area contributed by atoms with E-state index in [2.05, 4.69) is 20.6 Å². The minimum absolute atomic E-state index is 0.309. The second-order valence-corrected chi connectivity index (χ2v) is 6.10. The summed E-state index contributed by atoms with van der Waals surface area (Å²) < 4.78 is 43.8. The third-order valence-corrected chi connectivity index (χ3v) is 4.27. The van der Waals surface area contributed by atoms with Crippen molar-refractivity contribution in [1.29, 1.82) is 0 Å². The van der Waals surface area contributed by atoms with Gasteiger partial charge in [0, 0.05) is 12.6 Å². The maximum atomic E-state index is 12.6. The van der Waals surface area contributed by atoms with Gasteiger partial charge in [-0.05, 0) is 18.9 Å². The molecule has 0 aliphatic heterocycles. The van der Waals surface area contributed by atoms with Crippen LogP contribution in [0, 0.1) is 0 Å². The summed E-state index contributed by atoms with van der Waals surface area (Å²) in [7, 11) is 0.